The molecule has 0 aliphatic heterocycles. The van der Waals surface area contributed by atoms with E-state index in [2.05, 4.69) is 31.4 Å². The lowest BCUT2D eigenvalue weighted by atomic mass is 9.43. The molecule has 13 atom stereocenters. The van der Waals surface area contributed by atoms with Gasteiger partial charge in [-0.2, -0.15) is 0 Å². The molecule has 2 aromatic carbocycles. The van der Waals surface area contributed by atoms with Crippen LogP contribution in [0.5, 0.6) is 0 Å². The van der Waals surface area contributed by atoms with Crippen molar-refractivity contribution in [1.29, 1.82) is 0 Å². The number of aliphatic hydroxyl groups is 2. The predicted octanol–water partition coefficient (Wildman–Crippen LogP) is 5.94. The normalized spacial score (nSPS) is 31.0. The highest BCUT2D eigenvalue weighted by Crippen LogP contribution is 2.68. The molecule has 4 aliphatic rings. The van der Waals surface area contributed by atoms with Crippen LogP contribution in [0.1, 0.15) is 115 Å². The number of carbonyl (C=O) groups is 5. The number of halogens is 1. The minimum absolute atomic E-state index is 0. The second kappa shape index (κ2) is 22.2. The maximum absolute atomic E-state index is 14.1. The molecule has 63 heavy (non-hydrogen) atoms. The molecule has 0 spiro atoms. The van der Waals surface area contributed by atoms with E-state index in [9.17, 15) is 34.2 Å². The third-order valence-corrected chi connectivity index (χ3v) is 15.7. The van der Waals surface area contributed by atoms with Crippen molar-refractivity contribution in [3.05, 3.63) is 71.8 Å². The van der Waals surface area contributed by atoms with Crippen LogP contribution >= 0.6 is 12.4 Å². The van der Waals surface area contributed by atoms with Crippen molar-refractivity contribution in [3.8, 4) is 0 Å². The molecule has 0 unspecified atom stereocenters. The molecular weight excluding hydrogens is 826 g/mol. The summed E-state index contributed by atoms with van der Waals surface area (Å²) in [6.07, 6.45) is 5.00. The van der Waals surface area contributed by atoms with Gasteiger partial charge in [-0.1, -0.05) is 81.4 Å². The molecule has 4 aliphatic carbocycles. The lowest BCUT2D eigenvalue weighted by molar-refractivity contribution is -0.202. The van der Waals surface area contributed by atoms with Crippen molar-refractivity contribution in [1.82, 2.24) is 10.6 Å². The number of benzene rings is 2. The molecule has 348 valence electrons. The Morgan fingerprint density at radius 1 is 0.762 bits per heavy atom. The van der Waals surface area contributed by atoms with Crippen LogP contribution in [0.15, 0.2) is 60.7 Å². The number of fused-ring (bicyclic) bond motifs is 5. The Bertz CT molecular complexity index is 1850. The number of nitrogens with two attached hydrogens (primary N) is 1. The monoisotopic (exact) mass is 895 g/mol. The first-order chi connectivity index (χ1) is 29.6. The Kier molecular flexibility index (Phi) is 17.6. The lowest BCUT2D eigenvalue weighted by Gasteiger charge is -2.63. The molecule has 4 saturated carbocycles. The van der Waals surface area contributed by atoms with Crippen molar-refractivity contribution >= 4 is 42.1 Å². The molecule has 13 nitrogen and oxygen atoms in total. The van der Waals surface area contributed by atoms with Crippen molar-refractivity contribution < 1.29 is 48.4 Å². The lowest BCUT2D eigenvalue weighted by Crippen LogP contribution is -2.63. The van der Waals surface area contributed by atoms with Crippen LogP contribution in [-0.4, -0.2) is 77.4 Å². The highest BCUT2D eigenvalue weighted by atomic mass is 35.5. The van der Waals surface area contributed by atoms with Crippen LogP contribution in [-0.2, 0) is 51.4 Å². The highest BCUT2D eigenvalue weighted by Gasteiger charge is 2.65. The first kappa shape index (κ1) is 50.0. The van der Waals surface area contributed by atoms with E-state index in [-0.39, 0.29) is 110 Å². The SMILES string of the molecule is COC(=O)CC[C@@H](C)[C@H]1CC[C@H]2[C@@H]3[C@H](O)C[C@@H]4C[C@@H](NC(=O)[C@H](CCC(=O)OCc5ccccc5)NC(=O)[C@@H](N)CCC(=O)OCc5ccccc5)CC[C@]4(C)[C@H]3C[C@H](O)[C@]12C.Cl. The van der Waals surface area contributed by atoms with Crippen molar-refractivity contribution in [2.45, 2.75) is 148 Å². The van der Waals surface area contributed by atoms with Gasteiger partial charge in [0.25, 0.3) is 0 Å². The maximum atomic E-state index is 14.1. The molecule has 0 radical (unpaired) electrons. The number of methoxy groups -OCH3 is 1. The second-order valence-corrected chi connectivity index (χ2v) is 19.2. The van der Waals surface area contributed by atoms with Gasteiger partial charge in [0.05, 0.1) is 25.4 Å². The molecule has 0 aromatic heterocycles. The molecule has 4 fully saturated rings. The average Bonchev–Trinajstić information content (AvgIpc) is 3.64. The highest BCUT2D eigenvalue weighted by molar-refractivity contribution is 5.90. The minimum atomic E-state index is -1.10. The topological polar surface area (TPSA) is 204 Å². The fourth-order valence-corrected chi connectivity index (χ4v) is 12.1. The van der Waals surface area contributed by atoms with E-state index in [1.54, 1.807) is 0 Å². The van der Waals surface area contributed by atoms with E-state index in [0.29, 0.717) is 38.5 Å². The summed E-state index contributed by atoms with van der Waals surface area (Å²) in [6.45, 7) is 6.89. The molecule has 0 bridgehead atoms. The third kappa shape index (κ3) is 11.8. The smallest absolute Gasteiger partial charge is 0.306 e. The molecule has 2 aromatic rings. The molecule has 14 heteroatoms. The molecule has 0 heterocycles. The zero-order chi connectivity index (χ0) is 44.6. The quantitative estimate of drug-likeness (QED) is 0.0875. The van der Waals surface area contributed by atoms with E-state index in [4.69, 9.17) is 19.9 Å². The van der Waals surface area contributed by atoms with Crippen molar-refractivity contribution in [2.24, 2.45) is 52.1 Å². The van der Waals surface area contributed by atoms with Crippen LogP contribution in [0.2, 0.25) is 0 Å². The van der Waals surface area contributed by atoms with Gasteiger partial charge in [0.2, 0.25) is 11.8 Å². The Hall–Kier alpha value is -4.04. The summed E-state index contributed by atoms with van der Waals surface area (Å²) in [5.41, 5.74) is 7.39. The van der Waals surface area contributed by atoms with E-state index < -0.39 is 48.0 Å². The van der Waals surface area contributed by atoms with Gasteiger partial charge in [0.15, 0.2) is 0 Å². The van der Waals surface area contributed by atoms with Gasteiger partial charge >= 0.3 is 17.9 Å². The zero-order valence-corrected chi connectivity index (χ0v) is 38.2. The number of esters is 3. The first-order valence-electron chi connectivity index (χ1n) is 22.8. The van der Waals surface area contributed by atoms with Crippen molar-refractivity contribution in [2.75, 3.05) is 7.11 Å². The molecule has 0 saturated heterocycles. The third-order valence-electron chi connectivity index (χ3n) is 15.7. The van der Waals surface area contributed by atoms with Gasteiger partial charge in [0.1, 0.15) is 19.3 Å². The van der Waals surface area contributed by atoms with E-state index in [0.717, 1.165) is 30.4 Å². The van der Waals surface area contributed by atoms with Gasteiger partial charge in [-0.25, -0.2) is 0 Å². The number of hydrogen-bond donors (Lipinski definition) is 5. The minimum Gasteiger partial charge on any atom is -0.469 e. The Morgan fingerprint density at radius 3 is 1.95 bits per heavy atom. The number of ether oxygens (including phenoxy) is 3. The van der Waals surface area contributed by atoms with E-state index in [1.807, 2.05) is 60.7 Å². The molecule has 2 amide bonds. The predicted molar refractivity (Wildman–Crippen MR) is 238 cm³/mol. The standard InChI is InChI=1S/C49H69N3O10.ClH/c1-30(15-20-42(55)60-4)35-16-17-36-45-37(27-41(54)49(35,36)3)48(2)24-23-34(25-33(48)26-40(45)53)51-47(59)39(19-22-44(57)62-29-32-13-9-6-10-14-32)52-46(58)38(50)18-21-43(56)61-28-31-11-7-5-8-12-31;/h5-14,30,33-41,45,53-54H,15-29,50H2,1-4H3,(H,51,59)(H,52,58);1H/t30-,33+,34+,35-,36+,37+,38+,39+,40-,41+,45+,48+,49-;/m1./s1. The van der Waals surface area contributed by atoms with Gasteiger partial charge in [0, 0.05) is 25.3 Å². The Morgan fingerprint density at radius 2 is 1.35 bits per heavy atom. The second-order valence-electron chi connectivity index (χ2n) is 19.2. The van der Waals surface area contributed by atoms with Gasteiger partial charge in [-0.15, -0.1) is 12.4 Å². The van der Waals surface area contributed by atoms with Crippen LogP contribution in [0, 0.1) is 46.3 Å². The summed E-state index contributed by atoms with van der Waals surface area (Å²) in [6, 6.07) is 16.1. The summed E-state index contributed by atoms with van der Waals surface area (Å²) in [7, 11) is 1.41. The summed E-state index contributed by atoms with van der Waals surface area (Å²) in [4.78, 5) is 64.8. The van der Waals surface area contributed by atoms with Gasteiger partial charge in [-0.05, 0) is 122 Å². The molecule has 6 rings (SSSR count). The van der Waals surface area contributed by atoms with Crippen LogP contribution in [0.25, 0.3) is 0 Å². The average molecular weight is 897 g/mol. The van der Waals surface area contributed by atoms with E-state index in [1.165, 1.54) is 7.11 Å². The fourth-order valence-electron chi connectivity index (χ4n) is 12.1. The van der Waals surface area contributed by atoms with Crippen LogP contribution in [0.4, 0.5) is 0 Å². The molecule has 6 N–H and O–H groups in total. The van der Waals surface area contributed by atoms with Crippen molar-refractivity contribution in [3.63, 3.8) is 0 Å². The molecular formula is C49H70ClN3O10. The van der Waals surface area contributed by atoms with E-state index >= 15 is 0 Å². The van der Waals surface area contributed by atoms with Crippen LogP contribution < -0.4 is 16.4 Å². The van der Waals surface area contributed by atoms with Gasteiger partial charge in [-0.3, -0.25) is 24.0 Å². The number of hydrogen-bond acceptors (Lipinski definition) is 11. The van der Waals surface area contributed by atoms with Gasteiger partial charge < -0.3 is 40.8 Å². The summed E-state index contributed by atoms with van der Waals surface area (Å²) < 4.78 is 15.7. The fraction of sp³-hybridized carbons (Fsp3) is 0.653. The largest absolute Gasteiger partial charge is 0.469 e. The van der Waals surface area contributed by atoms with Crippen LogP contribution in [0.3, 0.4) is 0 Å². The number of rotatable bonds is 18. The summed E-state index contributed by atoms with van der Waals surface area (Å²) >= 11 is 0. The Labute approximate surface area is 378 Å². The Balaban J connectivity index is 0.00000748. The number of nitrogens with one attached hydrogen (secondary N) is 2. The zero-order valence-electron chi connectivity index (χ0n) is 37.4. The summed E-state index contributed by atoms with van der Waals surface area (Å²) in [5, 5.41) is 29.9. The number of aliphatic hydroxyl groups excluding tert-OH is 2. The maximum Gasteiger partial charge on any atom is 0.306 e. The number of amides is 2. The summed E-state index contributed by atoms with van der Waals surface area (Å²) in [5.74, 6) is -1.36. The first-order valence-corrected chi connectivity index (χ1v) is 22.8. The number of carbonyl (C=O) groups excluding carboxylic acids is 5.